The third-order valence-electron chi connectivity index (χ3n) is 3.95. The molecular weight excluding hydrogens is 284 g/mol. The molecule has 0 radical (unpaired) electrons. The van der Waals surface area contributed by atoms with E-state index in [1.165, 1.54) is 0 Å². The van der Waals surface area contributed by atoms with Crippen molar-refractivity contribution in [2.24, 2.45) is 0 Å². The minimum absolute atomic E-state index is 0.0490. The van der Waals surface area contributed by atoms with Crippen molar-refractivity contribution in [2.45, 2.75) is 52.8 Å². The molecule has 0 aliphatic rings. The standard InChI is InChI=1S/C14H22N4O2Si/c1-9-8-10(2)18-13(15-9)16-11(17-18)12(19)20-21(6,7)14(3,4)5/h8H,1-7H3. The normalized spacial score (nSPS) is 12.7. The smallest absolute Gasteiger partial charge is 0.365 e. The van der Waals surface area contributed by atoms with Gasteiger partial charge in [0.2, 0.25) is 0 Å². The van der Waals surface area contributed by atoms with Crippen LogP contribution in [0, 0.1) is 13.8 Å². The summed E-state index contributed by atoms with van der Waals surface area (Å²) < 4.78 is 7.29. The lowest BCUT2D eigenvalue weighted by molar-refractivity contribution is 0.0700. The van der Waals surface area contributed by atoms with Gasteiger partial charge in [0, 0.05) is 11.4 Å². The fourth-order valence-electron chi connectivity index (χ4n) is 1.68. The Morgan fingerprint density at radius 2 is 1.86 bits per heavy atom. The van der Waals surface area contributed by atoms with E-state index in [0.29, 0.717) is 5.78 Å². The molecule has 0 atom stereocenters. The molecule has 2 rings (SSSR count). The molecular formula is C14H22N4O2Si. The van der Waals surface area contributed by atoms with Crippen molar-refractivity contribution in [1.29, 1.82) is 0 Å². The second kappa shape index (κ2) is 4.90. The topological polar surface area (TPSA) is 69.4 Å². The van der Waals surface area contributed by atoms with Gasteiger partial charge >= 0.3 is 5.97 Å². The van der Waals surface area contributed by atoms with E-state index >= 15 is 0 Å². The summed E-state index contributed by atoms with van der Waals surface area (Å²) in [5.74, 6) is 0.0276. The maximum absolute atomic E-state index is 12.3. The highest BCUT2D eigenvalue weighted by molar-refractivity contribution is 6.75. The first-order valence-electron chi connectivity index (χ1n) is 6.95. The van der Waals surface area contributed by atoms with E-state index in [-0.39, 0.29) is 10.9 Å². The van der Waals surface area contributed by atoms with Crippen molar-refractivity contribution in [1.82, 2.24) is 19.6 Å². The van der Waals surface area contributed by atoms with Crippen molar-refractivity contribution in [3.8, 4) is 0 Å². The molecule has 0 bridgehead atoms. The summed E-state index contributed by atoms with van der Waals surface area (Å²) in [5, 5.41) is 4.16. The summed E-state index contributed by atoms with van der Waals surface area (Å²) >= 11 is 0. The monoisotopic (exact) mass is 306 g/mol. The van der Waals surface area contributed by atoms with Crippen molar-refractivity contribution < 1.29 is 9.22 Å². The third kappa shape index (κ3) is 2.97. The van der Waals surface area contributed by atoms with Gasteiger partial charge in [-0.15, -0.1) is 5.10 Å². The summed E-state index contributed by atoms with van der Waals surface area (Å²) in [7, 11) is -2.18. The van der Waals surface area contributed by atoms with Crippen LogP contribution in [0.3, 0.4) is 0 Å². The van der Waals surface area contributed by atoms with E-state index < -0.39 is 14.3 Å². The van der Waals surface area contributed by atoms with Gasteiger partial charge in [-0.05, 0) is 38.0 Å². The number of aryl methyl sites for hydroxylation is 2. The maximum Gasteiger partial charge on any atom is 0.365 e. The van der Waals surface area contributed by atoms with Gasteiger partial charge in [0.25, 0.3) is 19.9 Å². The van der Waals surface area contributed by atoms with Crippen LogP contribution in [0.5, 0.6) is 0 Å². The Morgan fingerprint density at radius 1 is 1.24 bits per heavy atom. The molecule has 114 valence electrons. The molecule has 0 saturated heterocycles. The minimum Gasteiger partial charge on any atom is -0.513 e. The summed E-state index contributed by atoms with van der Waals surface area (Å²) in [6, 6.07) is 1.89. The SMILES string of the molecule is Cc1cc(C)n2nc(C(=O)O[Si](C)(C)C(C)(C)C)nc2n1. The van der Waals surface area contributed by atoms with E-state index in [1.54, 1.807) is 4.52 Å². The second-order valence-corrected chi connectivity index (χ2v) is 11.6. The van der Waals surface area contributed by atoms with Gasteiger partial charge in [0.05, 0.1) is 0 Å². The summed E-state index contributed by atoms with van der Waals surface area (Å²) in [4.78, 5) is 20.8. The molecule has 2 heterocycles. The molecule has 21 heavy (non-hydrogen) atoms. The third-order valence-corrected chi connectivity index (χ3v) is 8.26. The number of carbonyl (C=O) groups is 1. The Morgan fingerprint density at radius 3 is 2.43 bits per heavy atom. The van der Waals surface area contributed by atoms with E-state index in [9.17, 15) is 4.79 Å². The number of aromatic nitrogens is 4. The van der Waals surface area contributed by atoms with Crippen LogP contribution < -0.4 is 0 Å². The molecule has 0 fully saturated rings. The molecule has 7 heteroatoms. The molecule has 0 saturated carbocycles. The van der Waals surface area contributed by atoms with Gasteiger partial charge in [0.1, 0.15) is 0 Å². The fraction of sp³-hybridized carbons (Fsp3) is 0.571. The zero-order valence-corrected chi connectivity index (χ0v) is 14.7. The quantitative estimate of drug-likeness (QED) is 0.798. The summed E-state index contributed by atoms with van der Waals surface area (Å²) in [5.41, 5.74) is 1.73. The molecule has 0 aliphatic heterocycles. The van der Waals surface area contributed by atoms with Crippen LogP contribution in [0.15, 0.2) is 6.07 Å². The average molecular weight is 306 g/mol. The van der Waals surface area contributed by atoms with Gasteiger partial charge in [-0.25, -0.2) is 14.3 Å². The number of nitrogens with zero attached hydrogens (tertiary/aromatic N) is 4. The molecule has 2 aromatic rings. The van der Waals surface area contributed by atoms with Gasteiger partial charge < -0.3 is 4.43 Å². The predicted octanol–water partition coefficient (Wildman–Crippen LogP) is 2.90. The molecule has 0 unspecified atom stereocenters. The largest absolute Gasteiger partial charge is 0.513 e. The van der Waals surface area contributed by atoms with Crippen LogP contribution >= 0.6 is 0 Å². The molecule has 0 N–H and O–H groups in total. The molecule has 0 aliphatic carbocycles. The lowest BCUT2D eigenvalue weighted by atomic mass is 10.2. The number of fused-ring (bicyclic) bond motifs is 1. The van der Waals surface area contributed by atoms with Crippen LogP contribution in [-0.2, 0) is 4.43 Å². The molecule has 0 spiro atoms. The Labute approximate surface area is 125 Å². The number of carbonyl (C=O) groups excluding carboxylic acids is 1. The van der Waals surface area contributed by atoms with Gasteiger partial charge in [0.15, 0.2) is 0 Å². The second-order valence-electron chi connectivity index (χ2n) is 6.84. The number of rotatable bonds is 2. The zero-order valence-electron chi connectivity index (χ0n) is 13.7. The van der Waals surface area contributed by atoms with Gasteiger partial charge in [-0.1, -0.05) is 20.8 Å². The Hall–Kier alpha value is -1.76. The van der Waals surface area contributed by atoms with Gasteiger partial charge in [-0.2, -0.15) is 4.98 Å². The summed E-state index contributed by atoms with van der Waals surface area (Å²) in [6.45, 7) is 14.1. The van der Waals surface area contributed by atoms with E-state index in [4.69, 9.17) is 4.43 Å². The lowest BCUT2D eigenvalue weighted by Crippen LogP contribution is -2.42. The fourth-order valence-corrected chi connectivity index (χ4v) is 2.54. The number of hydrogen-bond donors (Lipinski definition) is 0. The first-order valence-corrected chi connectivity index (χ1v) is 9.86. The van der Waals surface area contributed by atoms with E-state index in [1.807, 2.05) is 33.0 Å². The van der Waals surface area contributed by atoms with Crippen molar-refractivity contribution in [3.63, 3.8) is 0 Å². The van der Waals surface area contributed by atoms with Crippen LogP contribution in [0.2, 0.25) is 18.1 Å². The molecule has 0 aromatic carbocycles. The summed E-state index contributed by atoms with van der Waals surface area (Å²) in [6.07, 6.45) is 0. The number of hydrogen-bond acceptors (Lipinski definition) is 5. The Balaban J connectivity index is 2.35. The lowest BCUT2D eigenvalue weighted by Gasteiger charge is -2.34. The van der Waals surface area contributed by atoms with Crippen molar-refractivity contribution in [2.75, 3.05) is 0 Å². The predicted molar refractivity (Wildman–Crippen MR) is 82.9 cm³/mol. The van der Waals surface area contributed by atoms with Crippen LogP contribution in [0.25, 0.3) is 5.78 Å². The minimum atomic E-state index is -2.18. The van der Waals surface area contributed by atoms with Crippen molar-refractivity contribution in [3.05, 3.63) is 23.3 Å². The van der Waals surface area contributed by atoms with Crippen LogP contribution in [0.1, 0.15) is 42.8 Å². The highest BCUT2D eigenvalue weighted by Crippen LogP contribution is 2.36. The van der Waals surface area contributed by atoms with Crippen molar-refractivity contribution >= 4 is 20.1 Å². The van der Waals surface area contributed by atoms with E-state index in [0.717, 1.165) is 11.4 Å². The molecule has 0 amide bonds. The van der Waals surface area contributed by atoms with Gasteiger partial charge in [-0.3, -0.25) is 0 Å². The highest BCUT2D eigenvalue weighted by Gasteiger charge is 2.41. The van der Waals surface area contributed by atoms with E-state index in [2.05, 4.69) is 35.8 Å². The average Bonchev–Trinajstić information content (AvgIpc) is 2.70. The van der Waals surface area contributed by atoms with Crippen LogP contribution in [0.4, 0.5) is 0 Å². The highest BCUT2D eigenvalue weighted by atomic mass is 28.4. The maximum atomic E-state index is 12.3. The Kier molecular flexibility index (Phi) is 3.65. The Bertz CT molecular complexity index is 701. The molecule has 6 nitrogen and oxygen atoms in total. The first-order chi connectivity index (χ1) is 9.51. The molecule has 2 aromatic heterocycles. The first kappa shape index (κ1) is 15.6. The zero-order chi connectivity index (χ0) is 16.0. The van der Waals surface area contributed by atoms with Crippen LogP contribution in [-0.4, -0.2) is 33.9 Å².